The van der Waals surface area contributed by atoms with Crippen molar-refractivity contribution in [2.24, 2.45) is 0 Å². The van der Waals surface area contributed by atoms with Gasteiger partial charge in [-0.3, -0.25) is 14.4 Å². The molecule has 16 nitrogen and oxygen atoms in total. The molecule has 0 aliphatic carbocycles. The molecular formula is C31H34O16. The third kappa shape index (κ3) is 7.33. The number of rotatable bonds is 8. The monoisotopic (exact) mass is 662 g/mol. The van der Waals surface area contributed by atoms with Crippen LogP contribution in [0, 0.1) is 0 Å². The summed E-state index contributed by atoms with van der Waals surface area (Å²) in [4.78, 5) is 36.3. The normalized spacial score (nSPS) is 30.9. The molecule has 3 heterocycles. The number of benzene rings is 2. The minimum atomic E-state index is -1.82. The molecule has 2 aromatic carbocycles. The quantitative estimate of drug-likeness (QED) is 0.175. The van der Waals surface area contributed by atoms with Gasteiger partial charge in [-0.25, -0.2) is 0 Å². The summed E-state index contributed by atoms with van der Waals surface area (Å²) in [5.41, 5.74) is -0.205. The average Bonchev–Trinajstić information content (AvgIpc) is 3.00. The van der Waals surface area contributed by atoms with E-state index >= 15 is 0 Å². The molecule has 1 aromatic heterocycles. The zero-order chi connectivity index (χ0) is 34.2. The molecule has 2 aliphatic heterocycles. The molecule has 0 spiro atoms. The lowest BCUT2D eigenvalue weighted by atomic mass is 9.98. The topological polar surface area (TPSA) is 241 Å². The van der Waals surface area contributed by atoms with Crippen molar-refractivity contribution in [3.63, 3.8) is 0 Å². The highest BCUT2D eigenvalue weighted by Crippen LogP contribution is 2.34. The first kappa shape index (κ1) is 34.1. The van der Waals surface area contributed by atoms with Gasteiger partial charge in [0.1, 0.15) is 64.5 Å². The van der Waals surface area contributed by atoms with Crippen LogP contribution in [0.15, 0.2) is 51.7 Å². The zero-order valence-electron chi connectivity index (χ0n) is 25.3. The molecule has 2 saturated heterocycles. The molecular weight excluding hydrogens is 628 g/mol. The Labute approximate surface area is 266 Å². The zero-order valence-corrected chi connectivity index (χ0v) is 25.3. The predicted molar refractivity (Wildman–Crippen MR) is 156 cm³/mol. The van der Waals surface area contributed by atoms with E-state index in [0.29, 0.717) is 5.56 Å². The van der Waals surface area contributed by atoms with E-state index in [-0.39, 0.29) is 28.2 Å². The number of ether oxygens (including phenoxy) is 6. The van der Waals surface area contributed by atoms with E-state index in [2.05, 4.69) is 0 Å². The Morgan fingerprint density at radius 1 is 0.809 bits per heavy atom. The van der Waals surface area contributed by atoms with Gasteiger partial charge in [0, 0.05) is 37.6 Å². The fraction of sp³-hybridized carbons (Fsp3) is 0.452. The molecule has 6 N–H and O–H groups in total. The van der Waals surface area contributed by atoms with Crippen molar-refractivity contribution in [2.45, 2.75) is 82.2 Å². The first-order valence-corrected chi connectivity index (χ1v) is 14.5. The van der Waals surface area contributed by atoms with Crippen LogP contribution in [-0.4, -0.2) is 111 Å². The molecule has 0 bridgehead atoms. The van der Waals surface area contributed by atoms with Crippen LogP contribution in [0.4, 0.5) is 0 Å². The van der Waals surface area contributed by atoms with Gasteiger partial charge in [-0.2, -0.15) is 0 Å². The number of phenolic OH excluding ortho intramolecular Hbond substituents is 2. The average molecular weight is 663 g/mol. The van der Waals surface area contributed by atoms with E-state index < -0.39 is 91.1 Å². The summed E-state index contributed by atoms with van der Waals surface area (Å²) in [6.07, 6.45) is -14.9. The van der Waals surface area contributed by atoms with Gasteiger partial charge in [-0.15, -0.1) is 0 Å². The van der Waals surface area contributed by atoms with Crippen LogP contribution in [0.25, 0.3) is 22.3 Å². The second kappa shape index (κ2) is 13.8. The van der Waals surface area contributed by atoms with E-state index in [1.165, 1.54) is 43.3 Å². The maximum absolute atomic E-state index is 12.8. The molecule has 0 amide bonds. The number of esters is 2. The number of hydrogen-bond acceptors (Lipinski definition) is 16. The first-order chi connectivity index (χ1) is 22.2. The summed E-state index contributed by atoms with van der Waals surface area (Å²) in [6.45, 7) is 3.11. The minimum Gasteiger partial charge on any atom is -0.508 e. The number of phenols is 2. The third-order valence-electron chi connectivity index (χ3n) is 7.64. The van der Waals surface area contributed by atoms with Gasteiger partial charge in [-0.05, 0) is 31.2 Å². The highest BCUT2D eigenvalue weighted by atomic mass is 16.7. The molecule has 5 rings (SSSR count). The molecule has 254 valence electrons. The molecule has 2 fully saturated rings. The van der Waals surface area contributed by atoms with E-state index in [1.807, 2.05) is 0 Å². The van der Waals surface area contributed by atoms with Crippen LogP contribution in [0.3, 0.4) is 0 Å². The lowest BCUT2D eigenvalue weighted by Gasteiger charge is -2.43. The molecule has 10 atom stereocenters. The Hall–Kier alpha value is -4.29. The van der Waals surface area contributed by atoms with Crippen LogP contribution >= 0.6 is 0 Å². The molecule has 47 heavy (non-hydrogen) atoms. The van der Waals surface area contributed by atoms with Crippen molar-refractivity contribution in [3.05, 3.63) is 52.7 Å². The summed E-state index contributed by atoms with van der Waals surface area (Å²) in [7, 11) is 0. The van der Waals surface area contributed by atoms with E-state index in [9.17, 15) is 45.0 Å². The number of carbonyl (C=O) groups is 2. The molecule has 16 heteroatoms. The van der Waals surface area contributed by atoms with Gasteiger partial charge in [0.15, 0.2) is 23.9 Å². The second-order valence-corrected chi connectivity index (χ2v) is 11.2. The van der Waals surface area contributed by atoms with Crippen LogP contribution < -0.4 is 10.2 Å². The highest BCUT2D eigenvalue weighted by Gasteiger charge is 2.50. The molecule has 2 aliphatic rings. The van der Waals surface area contributed by atoms with E-state index in [1.54, 1.807) is 0 Å². The standard InChI is InChI=1S/C31H34O16/c1-12-24(37)28(43-13(2)32)29(44-14(3)33)31(42-12)41-11-22-25(38)26(39)27(40)30(47-22)45-17-8-18(35)23-19(36)10-20(46-21(23)9-17)15-4-6-16(34)7-5-15/h4-10,12,22,24-31,34-35,37-40H,11H2,1-3H3/t12-,22-,24-,25+,26-,27-,28-,29+,30+,31+/m0/s1. The second-order valence-electron chi connectivity index (χ2n) is 11.2. The van der Waals surface area contributed by atoms with Gasteiger partial charge in [0.25, 0.3) is 0 Å². The Morgan fingerprint density at radius 2 is 1.47 bits per heavy atom. The van der Waals surface area contributed by atoms with Crippen LogP contribution in [0.2, 0.25) is 0 Å². The number of aromatic hydroxyl groups is 2. The summed E-state index contributed by atoms with van der Waals surface area (Å²) >= 11 is 0. The van der Waals surface area contributed by atoms with E-state index in [0.717, 1.165) is 19.9 Å². The van der Waals surface area contributed by atoms with Crippen molar-refractivity contribution in [1.82, 2.24) is 0 Å². The van der Waals surface area contributed by atoms with Gasteiger partial charge in [-0.1, -0.05) is 0 Å². The summed E-state index contributed by atoms with van der Waals surface area (Å²) < 4.78 is 39.0. The van der Waals surface area contributed by atoms with E-state index in [4.69, 9.17) is 32.8 Å². The number of carbonyl (C=O) groups excluding carboxylic acids is 2. The number of aliphatic hydroxyl groups is 4. The van der Waals surface area contributed by atoms with Crippen molar-refractivity contribution in [3.8, 4) is 28.6 Å². The smallest absolute Gasteiger partial charge is 0.303 e. The molecule has 3 aromatic rings. The van der Waals surface area contributed by atoms with Gasteiger partial charge >= 0.3 is 11.9 Å². The SMILES string of the molecule is CC(=O)O[C@H]1[C@H](OC[C@@H]2O[C@@H](Oc3cc(O)c4c(=O)cc(-c5ccc(O)cc5)oc4c3)[C@@H](O)[C@@H](O)[C@@H]2O)O[C@@H](C)[C@H](O)[C@@H]1OC(C)=O. The first-order valence-electron chi connectivity index (χ1n) is 14.5. The Kier molecular flexibility index (Phi) is 10.0. The fourth-order valence-electron chi connectivity index (χ4n) is 5.32. The molecule has 0 unspecified atom stereocenters. The Morgan fingerprint density at radius 3 is 2.13 bits per heavy atom. The maximum atomic E-state index is 12.8. The van der Waals surface area contributed by atoms with Crippen molar-refractivity contribution in [1.29, 1.82) is 0 Å². The van der Waals surface area contributed by atoms with Crippen molar-refractivity contribution >= 4 is 22.9 Å². The van der Waals surface area contributed by atoms with Crippen LogP contribution in [0.1, 0.15) is 20.8 Å². The predicted octanol–water partition coefficient (Wildman–Crippen LogP) is 0.0433. The number of hydrogen-bond donors (Lipinski definition) is 6. The minimum absolute atomic E-state index is 0.00213. The Bertz CT molecular complexity index is 1650. The van der Waals surface area contributed by atoms with Crippen LogP contribution in [-0.2, 0) is 33.3 Å². The largest absolute Gasteiger partial charge is 0.508 e. The highest BCUT2D eigenvalue weighted by molar-refractivity contribution is 5.86. The van der Waals surface area contributed by atoms with Gasteiger partial charge < -0.3 is 63.5 Å². The lowest BCUT2D eigenvalue weighted by molar-refractivity contribution is -0.320. The van der Waals surface area contributed by atoms with Crippen LogP contribution in [0.5, 0.6) is 17.2 Å². The Balaban J connectivity index is 1.35. The lowest BCUT2D eigenvalue weighted by Crippen LogP contribution is -2.62. The molecule has 0 radical (unpaired) electrons. The summed E-state index contributed by atoms with van der Waals surface area (Å²) in [5.74, 6) is -2.10. The van der Waals surface area contributed by atoms with Crippen molar-refractivity contribution < 1.29 is 73.1 Å². The number of aliphatic hydroxyl groups excluding tert-OH is 4. The molecule has 0 saturated carbocycles. The fourth-order valence-corrected chi connectivity index (χ4v) is 5.32. The number of fused-ring (bicyclic) bond motifs is 1. The summed E-state index contributed by atoms with van der Waals surface area (Å²) in [5, 5.41) is 62.5. The summed E-state index contributed by atoms with van der Waals surface area (Å²) in [6, 6.07) is 9.33. The van der Waals surface area contributed by atoms with Crippen molar-refractivity contribution in [2.75, 3.05) is 6.61 Å². The van der Waals surface area contributed by atoms with Gasteiger partial charge in [0.2, 0.25) is 6.29 Å². The third-order valence-corrected chi connectivity index (χ3v) is 7.64. The maximum Gasteiger partial charge on any atom is 0.303 e. The van der Waals surface area contributed by atoms with Gasteiger partial charge in [0.05, 0.1) is 12.7 Å².